The van der Waals surface area contributed by atoms with Gasteiger partial charge in [0.1, 0.15) is 0 Å². The van der Waals surface area contributed by atoms with Gasteiger partial charge in [-0.15, -0.1) is 0 Å². The molecular formula is C18H21F2N3OS. The van der Waals surface area contributed by atoms with E-state index < -0.39 is 17.5 Å². The minimum atomic E-state index is -1.01. The molecular weight excluding hydrogens is 344 g/mol. The summed E-state index contributed by atoms with van der Waals surface area (Å²) in [6.07, 6.45) is 0. The zero-order chi connectivity index (χ0) is 17.8. The van der Waals surface area contributed by atoms with Crippen molar-refractivity contribution in [3.05, 3.63) is 57.8 Å². The second-order valence-corrected chi connectivity index (χ2v) is 7.03. The first-order valence-electron chi connectivity index (χ1n) is 8.22. The summed E-state index contributed by atoms with van der Waals surface area (Å²) in [5.74, 6) is -2.36. The molecule has 1 N–H and O–H groups in total. The van der Waals surface area contributed by atoms with Crippen molar-refractivity contribution in [2.75, 3.05) is 39.8 Å². The molecule has 3 rings (SSSR count). The number of benzene rings is 1. The summed E-state index contributed by atoms with van der Waals surface area (Å²) in [7, 11) is 2.10. The summed E-state index contributed by atoms with van der Waals surface area (Å²) < 4.78 is 26.3. The summed E-state index contributed by atoms with van der Waals surface area (Å²) in [5.41, 5.74) is 1.29. The third kappa shape index (κ3) is 4.42. The van der Waals surface area contributed by atoms with Crippen molar-refractivity contribution >= 4 is 17.2 Å². The largest absolute Gasteiger partial charge is 0.350 e. The minimum absolute atomic E-state index is 0.0780. The molecule has 134 valence electrons. The van der Waals surface area contributed by atoms with E-state index in [1.54, 1.807) is 11.3 Å². The molecule has 25 heavy (non-hydrogen) atoms. The van der Waals surface area contributed by atoms with E-state index in [0.29, 0.717) is 6.54 Å². The normalized spacial score (nSPS) is 17.4. The van der Waals surface area contributed by atoms with Crippen LogP contribution in [0.1, 0.15) is 22.0 Å². The fourth-order valence-corrected chi connectivity index (χ4v) is 3.69. The van der Waals surface area contributed by atoms with Crippen LogP contribution in [0.25, 0.3) is 0 Å². The molecule has 0 bridgehead atoms. The number of nitrogens with one attached hydrogen (secondary N) is 1. The van der Waals surface area contributed by atoms with Gasteiger partial charge < -0.3 is 10.2 Å². The molecule has 1 aliphatic rings. The Bertz CT molecular complexity index is 715. The molecule has 1 amide bonds. The van der Waals surface area contributed by atoms with E-state index in [2.05, 4.69) is 33.6 Å². The van der Waals surface area contributed by atoms with Gasteiger partial charge in [0.2, 0.25) is 0 Å². The number of piperazine rings is 1. The van der Waals surface area contributed by atoms with Crippen LogP contribution in [0.3, 0.4) is 0 Å². The van der Waals surface area contributed by atoms with Crippen molar-refractivity contribution in [2.24, 2.45) is 0 Å². The van der Waals surface area contributed by atoms with Crippen molar-refractivity contribution in [3.8, 4) is 0 Å². The summed E-state index contributed by atoms with van der Waals surface area (Å²) in [4.78, 5) is 16.9. The monoisotopic (exact) mass is 365 g/mol. The number of thiophene rings is 1. The Morgan fingerprint density at radius 1 is 1.20 bits per heavy atom. The topological polar surface area (TPSA) is 35.6 Å². The number of hydrogen-bond acceptors (Lipinski definition) is 4. The molecule has 1 saturated heterocycles. The number of carbonyl (C=O) groups excluding carboxylic acids is 1. The Labute approximate surface area is 150 Å². The van der Waals surface area contributed by atoms with E-state index in [0.717, 1.165) is 38.3 Å². The van der Waals surface area contributed by atoms with Gasteiger partial charge in [-0.1, -0.05) is 0 Å². The lowest BCUT2D eigenvalue weighted by atomic mass is 10.1. The molecule has 2 heterocycles. The zero-order valence-corrected chi connectivity index (χ0v) is 14.9. The Hall–Kier alpha value is -1.83. The average molecular weight is 365 g/mol. The van der Waals surface area contributed by atoms with E-state index >= 15 is 0 Å². The Morgan fingerprint density at radius 3 is 2.60 bits per heavy atom. The van der Waals surface area contributed by atoms with Crippen LogP contribution < -0.4 is 5.32 Å². The number of nitrogens with zero attached hydrogens (tertiary/aromatic N) is 2. The number of amides is 1. The van der Waals surface area contributed by atoms with Crippen molar-refractivity contribution in [1.82, 2.24) is 15.1 Å². The van der Waals surface area contributed by atoms with Gasteiger partial charge in [0.15, 0.2) is 11.6 Å². The molecule has 0 saturated carbocycles. The van der Waals surface area contributed by atoms with Gasteiger partial charge >= 0.3 is 0 Å². The third-order valence-electron chi connectivity index (χ3n) is 4.54. The molecule has 1 fully saturated rings. The molecule has 0 spiro atoms. The van der Waals surface area contributed by atoms with Crippen LogP contribution in [0.15, 0.2) is 35.0 Å². The summed E-state index contributed by atoms with van der Waals surface area (Å²) in [6, 6.07) is 5.34. The quantitative estimate of drug-likeness (QED) is 0.885. The minimum Gasteiger partial charge on any atom is -0.350 e. The standard InChI is InChI=1S/C18H21F2N3OS/c1-22-5-7-23(8-6-22)17(14-4-9-25-12-14)11-21-18(24)13-2-3-15(19)16(20)10-13/h2-4,9-10,12,17H,5-8,11H2,1H3,(H,21,24). The highest BCUT2D eigenvalue weighted by atomic mass is 32.1. The third-order valence-corrected chi connectivity index (χ3v) is 5.25. The van der Waals surface area contributed by atoms with Crippen LogP contribution in [0.4, 0.5) is 8.78 Å². The Kier molecular flexibility index (Phi) is 5.78. The Balaban J connectivity index is 1.68. The van der Waals surface area contributed by atoms with Crippen LogP contribution in [0, 0.1) is 11.6 Å². The fraction of sp³-hybridized carbons (Fsp3) is 0.389. The SMILES string of the molecule is CN1CCN(C(CNC(=O)c2ccc(F)c(F)c2)c2ccsc2)CC1. The van der Waals surface area contributed by atoms with Crippen LogP contribution in [0.2, 0.25) is 0 Å². The smallest absolute Gasteiger partial charge is 0.251 e. The van der Waals surface area contributed by atoms with Gasteiger partial charge in [-0.25, -0.2) is 8.78 Å². The molecule has 1 aliphatic heterocycles. The van der Waals surface area contributed by atoms with Crippen molar-refractivity contribution in [3.63, 3.8) is 0 Å². The predicted octanol–water partition coefficient (Wildman–Crippen LogP) is 2.74. The molecule has 1 atom stereocenters. The van der Waals surface area contributed by atoms with Crippen LogP contribution in [0.5, 0.6) is 0 Å². The van der Waals surface area contributed by atoms with E-state index in [4.69, 9.17) is 0 Å². The van der Waals surface area contributed by atoms with Gasteiger partial charge in [0, 0.05) is 38.3 Å². The number of hydrogen-bond donors (Lipinski definition) is 1. The molecule has 0 radical (unpaired) electrons. The predicted molar refractivity (Wildman–Crippen MR) is 94.8 cm³/mol. The molecule has 1 aromatic carbocycles. The van der Waals surface area contributed by atoms with Crippen LogP contribution in [-0.2, 0) is 0 Å². The van der Waals surface area contributed by atoms with E-state index in [1.807, 2.05) is 5.38 Å². The Morgan fingerprint density at radius 2 is 1.96 bits per heavy atom. The highest BCUT2D eigenvalue weighted by Crippen LogP contribution is 2.24. The van der Waals surface area contributed by atoms with Gasteiger partial charge in [-0.3, -0.25) is 9.69 Å². The van der Waals surface area contributed by atoms with E-state index in [9.17, 15) is 13.6 Å². The number of rotatable bonds is 5. The van der Waals surface area contributed by atoms with E-state index in [1.165, 1.54) is 11.6 Å². The maximum Gasteiger partial charge on any atom is 0.251 e. The second kappa shape index (κ2) is 8.03. The maximum absolute atomic E-state index is 13.3. The van der Waals surface area contributed by atoms with Crippen molar-refractivity contribution in [1.29, 1.82) is 0 Å². The van der Waals surface area contributed by atoms with Crippen molar-refractivity contribution < 1.29 is 13.6 Å². The second-order valence-electron chi connectivity index (χ2n) is 6.25. The number of likely N-dealkylation sites (N-methyl/N-ethyl adjacent to an activating group) is 1. The summed E-state index contributed by atoms with van der Waals surface area (Å²) in [5, 5.41) is 6.98. The van der Waals surface area contributed by atoms with Crippen molar-refractivity contribution in [2.45, 2.75) is 6.04 Å². The first-order valence-corrected chi connectivity index (χ1v) is 9.17. The van der Waals surface area contributed by atoms with Gasteiger partial charge in [-0.05, 0) is 47.6 Å². The maximum atomic E-state index is 13.3. The molecule has 4 nitrogen and oxygen atoms in total. The van der Waals surface area contributed by atoms with Gasteiger partial charge in [0.25, 0.3) is 5.91 Å². The van der Waals surface area contributed by atoms with Gasteiger partial charge in [0.05, 0.1) is 6.04 Å². The highest BCUT2D eigenvalue weighted by molar-refractivity contribution is 7.07. The summed E-state index contributed by atoms with van der Waals surface area (Å²) in [6.45, 7) is 4.25. The lowest BCUT2D eigenvalue weighted by Gasteiger charge is -2.38. The first kappa shape index (κ1) is 18.0. The van der Waals surface area contributed by atoms with Crippen LogP contribution >= 0.6 is 11.3 Å². The molecule has 0 aliphatic carbocycles. The van der Waals surface area contributed by atoms with Crippen LogP contribution in [-0.4, -0.2) is 55.5 Å². The zero-order valence-electron chi connectivity index (χ0n) is 14.0. The molecule has 1 aromatic heterocycles. The average Bonchev–Trinajstić information content (AvgIpc) is 3.13. The molecule has 2 aromatic rings. The number of carbonyl (C=O) groups is 1. The fourth-order valence-electron chi connectivity index (χ4n) is 2.98. The lowest BCUT2D eigenvalue weighted by Crippen LogP contribution is -2.48. The van der Waals surface area contributed by atoms with Gasteiger partial charge in [-0.2, -0.15) is 11.3 Å². The lowest BCUT2D eigenvalue weighted by molar-refractivity contribution is 0.0886. The molecule has 7 heteroatoms. The first-order chi connectivity index (χ1) is 12.0. The molecule has 1 unspecified atom stereocenters. The summed E-state index contributed by atoms with van der Waals surface area (Å²) >= 11 is 1.63. The van der Waals surface area contributed by atoms with E-state index in [-0.39, 0.29) is 11.6 Å². The highest BCUT2D eigenvalue weighted by Gasteiger charge is 2.25. The number of halogens is 2.